The maximum Gasteiger partial charge on any atom is 0.248 e. The molecule has 2 aliphatic rings. The van der Waals surface area contributed by atoms with E-state index in [1.165, 1.54) is 11.8 Å². The zero-order chi connectivity index (χ0) is 19.4. The van der Waals surface area contributed by atoms with Gasteiger partial charge in [-0.3, -0.25) is 4.79 Å². The number of amidine groups is 1. The Balaban J connectivity index is 1.90. The molecule has 2 unspecified atom stereocenters. The largest absolute Gasteiger partial charge is 0.494 e. The first-order valence-electron chi connectivity index (χ1n) is 9.44. The first kappa shape index (κ1) is 20.2. The van der Waals surface area contributed by atoms with E-state index < -0.39 is 9.84 Å². The van der Waals surface area contributed by atoms with Crippen molar-refractivity contribution in [2.75, 3.05) is 23.0 Å². The third-order valence-corrected chi connectivity index (χ3v) is 7.82. The highest BCUT2D eigenvalue weighted by Crippen LogP contribution is 2.41. The van der Waals surface area contributed by atoms with Crippen molar-refractivity contribution >= 4 is 38.4 Å². The van der Waals surface area contributed by atoms with Gasteiger partial charge in [-0.05, 0) is 25.0 Å². The third kappa shape index (κ3) is 4.85. The van der Waals surface area contributed by atoms with Crippen molar-refractivity contribution in [1.82, 2.24) is 0 Å². The van der Waals surface area contributed by atoms with Crippen molar-refractivity contribution in [3.63, 3.8) is 0 Å². The van der Waals surface area contributed by atoms with Gasteiger partial charge in [0, 0.05) is 23.4 Å². The number of nitrogens with zero attached hydrogens (tertiary/aromatic N) is 2. The molecule has 1 aromatic rings. The van der Waals surface area contributed by atoms with Gasteiger partial charge in [0.25, 0.3) is 0 Å². The smallest absolute Gasteiger partial charge is 0.248 e. The molecule has 0 N–H and O–H groups in total. The molecule has 3 rings (SSSR count). The van der Waals surface area contributed by atoms with E-state index in [9.17, 15) is 13.2 Å². The van der Waals surface area contributed by atoms with Crippen molar-refractivity contribution in [2.45, 2.75) is 50.8 Å². The fourth-order valence-corrected chi connectivity index (χ4v) is 7.23. The molecule has 148 valence electrons. The lowest BCUT2D eigenvalue weighted by Gasteiger charge is -2.25. The molecule has 6 nitrogen and oxygen atoms in total. The van der Waals surface area contributed by atoms with E-state index in [0.717, 1.165) is 30.7 Å². The van der Waals surface area contributed by atoms with Crippen molar-refractivity contribution in [1.29, 1.82) is 0 Å². The fraction of sp³-hybridized carbons (Fsp3) is 0.579. The summed E-state index contributed by atoms with van der Waals surface area (Å²) in [6.45, 7) is 4.69. The van der Waals surface area contributed by atoms with Crippen LogP contribution in [-0.2, 0) is 14.6 Å². The maximum absolute atomic E-state index is 12.1. The van der Waals surface area contributed by atoms with Gasteiger partial charge in [0.1, 0.15) is 5.75 Å². The number of aliphatic imine (C=N–C) groups is 1. The molecule has 1 amide bonds. The summed E-state index contributed by atoms with van der Waals surface area (Å²) in [5.74, 6) is 0.802. The highest BCUT2D eigenvalue weighted by molar-refractivity contribution is 8.16. The van der Waals surface area contributed by atoms with Gasteiger partial charge in [-0.25, -0.2) is 8.42 Å². The minimum absolute atomic E-state index is 0.0899. The van der Waals surface area contributed by atoms with Crippen molar-refractivity contribution in [3.8, 4) is 5.75 Å². The van der Waals surface area contributed by atoms with Crippen LogP contribution in [0.4, 0.5) is 5.69 Å². The molecular formula is C19H26N2O4S2. The number of carbonyl (C=O) groups is 1. The quantitative estimate of drug-likeness (QED) is 0.642. The molecule has 0 saturated carbocycles. The number of sulfone groups is 1. The molecule has 0 bridgehead atoms. The Morgan fingerprint density at radius 3 is 2.85 bits per heavy atom. The number of amides is 1. The summed E-state index contributed by atoms with van der Waals surface area (Å²) in [6.07, 6.45) is 3.17. The predicted octanol–water partition coefficient (Wildman–Crippen LogP) is 3.27. The first-order valence-corrected chi connectivity index (χ1v) is 12.1. The molecule has 0 aromatic heterocycles. The summed E-state index contributed by atoms with van der Waals surface area (Å²) in [7, 11) is -3.07. The van der Waals surface area contributed by atoms with Gasteiger partial charge in [-0.2, -0.15) is 4.99 Å². The number of hydrogen-bond donors (Lipinski definition) is 0. The average Bonchev–Trinajstić information content (AvgIpc) is 3.06. The zero-order valence-electron chi connectivity index (χ0n) is 15.8. The van der Waals surface area contributed by atoms with Crippen LogP contribution >= 0.6 is 11.8 Å². The summed E-state index contributed by atoms with van der Waals surface area (Å²) >= 11 is 1.40. The van der Waals surface area contributed by atoms with E-state index in [2.05, 4.69) is 11.9 Å². The van der Waals surface area contributed by atoms with Crippen molar-refractivity contribution in [3.05, 3.63) is 24.3 Å². The Morgan fingerprint density at radius 2 is 2.11 bits per heavy atom. The second-order valence-electron chi connectivity index (χ2n) is 6.91. The molecule has 2 saturated heterocycles. The number of thioether (sulfide) groups is 1. The number of fused-ring (bicyclic) bond motifs is 1. The number of benzene rings is 1. The second kappa shape index (κ2) is 8.65. The molecule has 27 heavy (non-hydrogen) atoms. The highest BCUT2D eigenvalue weighted by Gasteiger charge is 2.49. The number of hydrogen-bond acceptors (Lipinski definition) is 5. The summed E-state index contributed by atoms with van der Waals surface area (Å²) < 4.78 is 30.0. The van der Waals surface area contributed by atoms with Gasteiger partial charge in [-0.15, -0.1) is 0 Å². The predicted molar refractivity (Wildman–Crippen MR) is 110 cm³/mol. The van der Waals surface area contributed by atoms with Gasteiger partial charge >= 0.3 is 0 Å². The molecule has 2 fully saturated rings. The summed E-state index contributed by atoms with van der Waals surface area (Å²) in [5, 5.41) is 0.511. The van der Waals surface area contributed by atoms with Crippen LogP contribution in [0, 0.1) is 0 Å². The minimum atomic E-state index is -3.07. The Labute approximate surface area is 165 Å². The molecule has 2 aliphatic heterocycles. The summed E-state index contributed by atoms with van der Waals surface area (Å²) in [5.41, 5.74) is 0.823. The minimum Gasteiger partial charge on any atom is -0.494 e. The number of rotatable bonds is 7. The van der Waals surface area contributed by atoms with Crippen LogP contribution in [-0.4, -0.2) is 48.9 Å². The van der Waals surface area contributed by atoms with Gasteiger partial charge in [0.05, 0.1) is 24.2 Å². The number of ether oxygens (including phenoxy) is 1. The highest BCUT2D eigenvalue weighted by atomic mass is 32.2. The fourth-order valence-electron chi connectivity index (χ4n) is 3.30. The maximum atomic E-state index is 12.1. The van der Waals surface area contributed by atoms with E-state index in [0.29, 0.717) is 18.2 Å². The van der Waals surface area contributed by atoms with Crippen LogP contribution in [0.2, 0.25) is 0 Å². The van der Waals surface area contributed by atoms with Crippen LogP contribution in [0.3, 0.4) is 0 Å². The van der Waals surface area contributed by atoms with E-state index in [1.54, 1.807) is 0 Å². The third-order valence-electron chi connectivity index (χ3n) is 4.61. The van der Waals surface area contributed by atoms with Crippen LogP contribution in [0.1, 0.15) is 39.5 Å². The standard InChI is InChI=1S/C19H26N2O4S2/c1-3-5-10-25-15-9-6-8-14(11-15)21-16-12-27(23,24)13-17(16)26-19(21)20-18(22)7-4-2/h6,8-9,11,16-17H,3-5,7,10,12-13H2,1-2H3. The number of unbranched alkanes of at least 4 members (excludes halogenated alkanes) is 1. The number of carbonyl (C=O) groups excluding carboxylic acids is 1. The van der Waals surface area contributed by atoms with Gasteiger partial charge in [0.15, 0.2) is 15.0 Å². The topological polar surface area (TPSA) is 76.0 Å². The van der Waals surface area contributed by atoms with Gasteiger partial charge in [-0.1, -0.05) is 38.1 Å². The normalized spacial score (nSPS) is 25.0. The van der Waals surface area contributed by atoms with Crippen LogP contribution in [0.5, 0.6) is 5.75 Å². The molecule has 8 heteroatoms. The molecule has 1 aromatic carbocycles. The lowest BCUT2D eigenvalue weighted by Crippen LogP contribution is -2.37. The van der Waals surface area contributed by atoms with E-state index in [4.69, 9.17) is 4.74 Å². The lowest BCUT2D eigenvalue weighted by molar-refractivity contribution is -0.117. The zero-order valence-corrected chi connectivity index (χ0v) is 17.4. The molecule has 0 aliphatic carbocycles. The average molecular weight is 411 g/mol. The summed E-state index contributed by atoms with van der Waals surface area (Å²) in [4.78, 5) is 18.3. The van der Waals surface area contributed by atoms with E-state index in [-0.39, 0.29) is 28.7 Å². The summed E-state index contributed by atoms with van der Waals surface area (Å²) in [6, 6.07) is 7.41. The van der Waals surface area contributed by atoms with Crippen LogP contribution in [0.15, 0.2) is 29.3 Å². The van der Waals surface area contributed by atoms with E-state index >= 15 is 0 Å². The Bertz CT molecular complexity index is 823. The van der Waals surface area contributed by atoms with Crippen LogP contribution in [0.25, 0.3) is 0 Å². The van der Waals surface area contributed by atoms with Crippen LogP contribution < -0.4 is 9.64 Å². The Kier molecular flexibility index (Phi) is 6.47. The van der Waals surface area contributed by atoms with Crippen molar-refractivity contribution in [2.24, 2.45) is 4.99 Å². The molecule has 0 radical (unpaired) electrons. The van der Waals surface area contributed by atoms with E-state index in [1.807, 2.05) is 36.1 Å². The Morgan fingerprint density at radius 1 is 1.30 bits per heavy atom. The molecule has 0 spiro atoms. The second-order valence-corrected chi connectivity index (χ2v) is 10.3. The SMILES string of the molecule is CCCCOc1cccc(N2C(=NC(=O)CCC)SC3CS(=O)(=O)CC32)c1. The van der Waals surface area contributed by atoms with Crippen molar-refractivity contribution < 1.29 is 17.9 Å². The first-order chi connectivity index (χ1) is 12.9. The molecule has 2 heterocycles. The lowest BCUT2D eigenvalue weighted by atomic mass is 10.2. The Hall–Kier alpha value is -1.54. The van der Waals surface area contributed by atoms with Gasteiger partial charge in [0.2, 0.25) is 5.91 Å². The number of anilines is 1. The van der Waals surface area contributed by atoms with Gasteiger partial charge < -0.3 is 9.64 Å². The molecular weight excluding hydrogens is 384 g/mol. The monoisotopic (exact) mass is 410 g/mol. The molecule has 2 atom stereocenters.